The van der Waals surface area contributed by atoms with Crippen LogP contribution in [0.1, 0.15) is 18.1 Å². The molecule has 0 radical (unpaired) electrons. The van der Waals surface area contributed by atoms with E-state index in [2.05, 4.69) is 20.6 Å². The zero-order chi connectivity index (χ0) is 25.8. The lowest BCUT2D eigenvalue weighted by atomic mass is 10.0. The van der Waals surface area contributed by atoms with E-state index in [9.17, 15) is 24.6 Å². The second-order valence-electron chi connectivity index (χ2n) is 8.86. The minimum atomic E-state index is -1.53. The number of carboxylic acid groups (broad SMARTS) is 1. The third-order valence-corrected chi connectivity index (χ3v) is 6.23. The van der Waals surface area contributed by atoms with Gasteiger partial charge in [-0.25, -0.2) is 4.79 Å². The monoisotopic (exact) mass is 491 g/mol. The van der Waals surface area contributed by atoms with Crippen molar-refractivity contribution in [1.29, 1.82) is 0 Å². The summed E-state index contributed by atoms with van der Waals surface area (Å²) >= 11 is 0. The molecule has 4 rings (SSSR count). The highest BCUT2D eigenvalue weighted by molar-refractivity contribution is 5.93. The third-order valence-electron chi connectivity index (χ3n) is 6.23. The number of carbonyl (C=O) groups excluding carboxylic acids is 2. The number of hydrogen-bond acceptors (Lipinski definition) is 5. The molecule has 8 N–H and O–H groups in total. The summed E-state index contributed by atoms with van der Waals surface area (Å²) in [5, 5.41) is 26.0. The van der Waals surface area contributed by atoms with Crippen molar-refractivity contribution >= 4 is 39.6 Å². The average molecular weight is 492 g/mol. The van der Waals surface area contributed by atoms with Gasteiger partial charge >= 0.3 is 5.97 Å². The van der Waals surface area contributed by atoms with Gasteiger partial charge in [0, 0.05) is 40.6 Å². The molecule has 2 aromatic heterocycles. The van der Waals surface area contributed by atoms with Crippen LogP contribution in [0.3, 0.4) is 0 Å². The number of nitrogens with two attached hydrogens (primary N) is 1. The van der Waals surface area contributed by atoms with Gasteiger partial charge in [0.2, 0.25) is 11.8 Å². The molecule has 4 atom stereocenters. The Morgan fingerprint density at radius 3 is 1.92 bits per heavy atom. The second kappa shape index (κ2) is 10.6. The molecule has 2 aromatic carbocycles. The van der Waals surface area contributed by atoms with Crippen molar-refractivity contribution in [2.75, 3.05) is 0 Å². The van der Waals surface area contributed by atoms with Crippen LogP contribution in [0.2, 0.25) is 0 Å². The summed E-state index contributed by atoms with van der Waals surface area (Å²) in [6.07, 6.45) is 2.54. The quantitative estimate of drug-likeness (QED) is 0.175. The van der Waals surface area contributed by atoms with Crippen molar-refractivity contribution in [2.24, 2.45) is 5.73 Å². The van der Waals surface area contributed by atoms with E-state index in [1.165, 1.54) is 6.92 Å². The highest BCUT2D eigenvalue weighted by Crippen LogP contribution is 2.20. The van der Waals surface area contributed by atoms with Crippen LogP contribution in [-0.2, 0) is 27.2 Å². The summed E-state index contributed by atoms with van der Waals surface area (Å²) in [7, 11) is 0. The number of H-pyrrole nitrogens is 2. The largest absolute Gasteiger partial charge is 0.480 e. The van der Waals surface area contributed by atoms with E-state index in [1.54, 1.807) is 12.4 Å². The van der Waals surface area contributed by atoms with Crippen LogP contribution in [0, 0.1) is 0 Å². The maximum Gasteiger partial charge on any atom is 0.328 e. The molecule has 10 nitrogen and oxygen atoms in total. The molecule has 10 heteroatoms. The van der Waals surface area contributed by atoms with Crippen molar-refractivity contribution < 1.29 is 24.6 Å². The Labute approximate surface area is 206 Å². The summed E-state index contributed by atoms with van der Waals surface area (Å²) in [6.45, 7) is 1.27. The van der Waals surface area contributed by atoms with Crippen molar-refractivity contribution in [3.05, 3.63) is 72.1 Å². The van der Waals surface area contributed by atoms with Gasteiger partial charge in [0.05, 0.1) is 12.1 Å². The van der Waals surface area contributed by atoms with Gasteiger partial charge < -0.3 is 36.5 Å². The van der Waals surface area contributed by atoms with Gasteiger partial charge in [-0.2, -0.15) is 0 Å². The second-order valence-corrected chi connectivity index (χ2v) is 8.86. The SMILES string of the molecule is C[C@@H](O)[C@H](NC(=O)[C@H](Cc1c[nH]c2ccccc12)NC(=O)[C@@H](N)Cc1c[nH]c2ccccc12)C(=O)O. The first-order chi connectivity index (χ1) is 17.2. The van der Waals surface area contributed by atoms with E-state index in [0.29, 0.717) is 0 Å². The number of aromatic amines is 2. The van der Waals surface area contributed by atoms with Crippen molar-refractivity contribution in [3.8, 4) is 0 Å². The topological polar surface area (TPSA) is 173 Å². The predicted octanol–water partition coefficient (Wildman–Crippen LogP) is 1.20. The Kier molecular flexibility index (Phi) is 7.37. The Bertz CT molecular complexity index is 1390. The number of aromatic nitrogens is 2. The molecule has 0 saturated carbocycles. The van der Waals surface area contributed by atoms with Crippen LogP contribution in [0.4, 0.5) is 0 Å². The minimum Gasteiger partial charge on any atom is -0.480 e. The fraction of sp³-hybridized carbons (Fsp3) is 0.269. The smallest absolute Gasteiger partial charge is 0.328 e. The number of aliphatic hydroxyl groups excluding tert-OH is 1. The highest BCUT2D eigenvalue weighted by Gasteiger charge is 2.31. The lowest BCUT2D eigenvalue weighted by Gasteiger charge is -2.24. The Morgan fingerprint density at radius 1 is 0.861 bits per heavy atom. The Hall–Kier alpha value is -4.15. The standard InChI is InChI=1S/C26H29N5O5/c1-14(32)23(26(35)36)31-25(34)22(11-16-13-29-21-9-5-3-7-18(16)21)30-24(33)19(27)10-15-12-28-20-8-4-2-6-17(15)20/h2-9,12-14,19,22-23,28-29,32H,10-11,27H2,1H3,(H,30,33)(H,31,34)(H,35,36)/t14-,19+,22+,23+/m1/s1. The number of para-hydroxylation sites is 2. The van der Waals surface area contributed by atoms with Gasteiger partial charge in [0.25, 0.3) is 0 Å². The number of nitrogens with one attached hydrogen (secondary N) is 4. The van der Waals surface area contributed by atoms with E-state index in [0.717, 1.165) is 32.9 Å². The van der Waals surface area contributed by atoms with E-state index in [-0.39, 0.29) is 12.8 Å². The molecule has 0 aliphatic carbocycles. The van der Waals surface area contributed by atoms with Crippen LogP contribution in [-0.4, -0.2) is 62.2 Å². The summed E-state index contributed by atoms with van der Waals surface area (Å²) in [5.41, 5.74) is 9.63. The normalized spacial score (nSPS) is 14.8. The first-order valence-electron chi connectivity index (χ1n) is 11.6. The number of benzene rings is 2. The zero-order valence-electron chi connectivity index (χ0n) is 19.7. The van der Waals surface area contributed by atoms with Crippen LogP contribution >= 0.6 is 0 Å². The van der Waals surface area contributed by atoms with Crippen LogP contribution in [0.5, 0.6) is 0 Å². The van der Waals surface area contributed by atoms with E-state index < -0.39 is 42.0 Å². The number of carbonyl (C=O) groups is 3. The van der Waals surface area contributed by atoms with Gasteiger partial charge in [0.1, 0.15) is 6.04 Å². The van der Waals surface area contributed by atoms with Crippen molar-refractivity contribution in [3.63, 3.8) is 0 Å². The Morgan fingerprint density at radius 2 is 1.39 bits per heavy atom. The van der Waals surface area contributed by atoms with Crippen LogP contribution in [0.25, 0.3) is 21.8 Å². The first-order valence-corrected chi connectivity index (χ1v) is 11.6. The molecule has 188 valence electrons. The van der Waals surface area contributed by atoms with Gasteiger partial charge in [-0.3, -0.25) is 9.59 Å². The Balaban J connectivity index is 1.54. The van der Waals surface area contributed by atoms with Gasteiger partial charge in [0.15, 0.2) is 6.04 Å². The van der Waals surface area contributed by atoms with Crippen LogP contribution in [0.15, 0.2) is 60.9 Å². The fourth-order valence-electron chi connectivity index (χ4n) is 4.28. The van der Waals surface area contributed by atoms with Gasteiger partial charge in [-0.1, -0.05) is 36.4 Å². The lowest BCUT2D eigenvalue weighted by Crippen LogP contribution is -2.57. The van der Waals surface area contributed by atoms with E-state index >= 15 is 0 Å². The molecular formula is C26H29N5O5. The molecule has 0 aliphatic heterocycles. The van der Waals surface area contributed by atoms with Crippen LogP contribution < -0.4 is 16.4 Å². The predicted molar refractivity (Wildman–Crippen MR) is 135 cm³/mol. The lowest BCUT2D eigenvalue weighted by molar-refractivity contribution is -0.145. The molecule has 0 aliphatic rings. The molecule has 0 saturated heterocycles. The molecule has 2 amide bonds. The number of aliphatic hydroxyl groups is 1. The molecule has 0 unspecified atom stereocenters. The maximum absolute atomic E-state index is 13.1. The maximum atomic E-state index is 13.1. The van der Waals surface area contributed by atoms with Crippen molar-refractivity contribution in [1.82, 2.24) is 20.6 Å². The number of amides is 2. The van der Waals surface area contributed by atoms with E-state index in [4.69, 9.17) is 5.73 Å². The molecular weight excluding hydrogens is 462 g/mol. The summed E-state index contributed by atoms with van der Waals surface area (Å²) in [4.78, 5) is 44.0. The van der Waals surface area contributed by atoms with Gasteiger partial charge in [-0.05, 0) is 36.6 Å². The minimum absolute atomic E-state index is 0.0908. The molecule has 0 bridgehead atoms. The molecule has 0 fully saturated rings. The summed E-state index contributed by atoms with van der Waals surface area (Å²) in [6, 6.07) is 11.6. The highest BCUT2D eigenvalue weighted by atomic mass is 16.4. The number of hydrogen-bond donors (Lipinski definition) is 7. The molecule has 0 spiro atoms. The molecule has 36 heavy (non-hydrogen) atoms. The number of carboxylic acids is 1. The van der Waals surface area contributed by atoms with Crippen molar-refractivity contribution in [2.45, 2.75) is 44.0 Å². The molecule has 4 aromatic rings. The van der Waals surface area contributed by atoms with Gasteiger partial charge in [-0.15, -0.1) is 0 Å². The first kappa shape index (κ1) is 25.0. The van der Waals surface area contributed by atoms with E-state index in [1.807, 2.05) is 48.5 Å². The third kappa shape index (κ3) is 5.40. The fourth-order valence-corrected chi connectivity index (χ4v) is 4.28. The molecule has 2 heterocycles. The number of fused-ring (bicyclic) bond motifs is 2. The summed E-state index contributed by atoms with van der Waals surface area (Å²) < 4.78 is 0. The zero-order valence-corrected chi connectivity index (χ0v) is 19.7. The summed E-state index contributed by atoms with van der Waals surface area (Å²) in [5.74, 6) is -2.67. The number of rotatable bonds is 10. The number of aliphatic carboxylic acids is 1. The average Bonchev–Trinajstić information content (AvgIpc) is 3.45.